The molecule has 0 saturated carbocycles. The van der Waals surface area contributed by atoms with Gasteiger partial charge in [-0.05, 0) is 92.5 Å². The number of nitrogens with one attached hydrogen (secondary N) is 4. The highest BCUT2D eigenvalue weighted by Gasteiger charge is 2.34. The molecule has 2 atom stereocenters. The van der Waals surface area contributed by atoms with E-state index < -0.39 is 11.9 Å². The molecule has 230 valence electrons. The number of carbonyl (C=O) groups is 3. The summed E-state index contributed by atoms with van der Waals surface area (Å²) in [6.45, 7) is 11.8. The Morgan fingerprint density at radius 2 is 1.35 bits per heavy atom. The van der Waals surface area contributed by atoms with Gasteiger partial charge >= 0.3 is 11.9 Å². The maximum atomic E-state index is 12.4. The van der Waals surface area contributed by atoms with Gasteiger partial charge in [-0.1, -0.05) is 20.8 Å². The van der Waals surface area contributed by atoms with Crippen molar-refractivity contribution < 1.29 is 29.7 Å². The minimum absolute atomic E-state index is 0.00871. The third-order valence-corrected chi connectivity index (χ3v) is 8.83. The van der Waals surface area contributed by atoms with Crippen LogP contribution < -0.4 is 16.0 Å². The molecule has 0 spiro atoms. The van der Waals surface area contributed by atoms with Crippen molar-refractivity contribution in [3.8, 4) is 5.88 Å². The largest absolute Gasteiger partial charge is 0.494 e. The number of allylic oxidation sites excluding steroid dienone is 1. The van der Waals surface area contributed by atoms with Gasteiger partial charge in [-0.25, -0.2) is 0 Å². The summed E-state index contributed by atoms with van der Waals surface area (Å²) in [5.74, 6) is -1.74. The second-order valence-electron chi connectivity index (χ2n) is 11.4. The Kier molecular flexibility index (Phi) is 9.37. The number of amides is 1. The zero-order valence-corrected chi connectivity index (χ0v) is 25.7. The van der Waals surface area contributed by atoms with Gasteiger partial charge in [-0.2, -0.15) is 0 Å². The number of aromatic nitrogens is 3. The number of hydrogen-bond acceptors (Lipinski definition) is 4. The first-order chi connectivity index (χ1) is 20.4. The van der Waals surface area contributed by atoms with Crippen molar-refractivity contribution in [1.29, 1.82) is 0 Å². The van der Waals surface area contributed by atoms with Crippen molar-refractivity contribution in [3.63, 3.8) is 0 Å². The molecule has 0 radical (unpaired) electrons. The van der Waals surface area contributed by atoms with E-state index in [9.17, 15) is 29.7 Å². The number of carboxylic acid groups (broad SMARTS) is 2. The van der Waals surface area contributed by atoms with Crippen molar-refractivity contribution in [2.75, 3.05) is 0 Å². The average Bonchev–Trinajstić information content (AvgIpc) is 3.59. The highest BCUT2D eigenvalue weighted by atomic mass is 16.4. The summed E-state index contributed by atoms with van der Waals surface area (Å²) in [6, 6.07) is 0. The Bertz CT molecular complexity index is 1720. The van der Waals surface area contributed by atoms with Crippen molar-refractivity contribution in [3.05, 3.63) is 66.9 Å². The highest BCUT2D eigenvalue weighted by molar-refractivity contribution is 5.86. The number of aromatic hydroxyl groups is 1. The molecule has 10 heteroatoms. The number of rotatable bonds is 11. The molecule has 10 nitrogen and oxygen atoms in total. The molecule has 3 aromatic heterocycles. The molecule has 1 aliphatic rings. The minimum Gasteiger partial charge on any atom is -0.494 e. The number of carboxylic acids is 2. The summed E-state index contributed by atoms with van der Waals surface area (Å²) >= 11 is 0. The summed E-state index contributed by atoms with van der Waals surface area (Å²) in [5, 5.41) is 33.7. The fraction of sp³-hybridized carbons (Fsp3) is 0.424. The zero-order chi connectivity index (χ0) is 31.6. The van der Waals surface area contributed by atoms with Crippen LogP contribution in [0.15, 0.2) is 5.70 Å². The number of H-pyrrole nitrogens is 3. The van der Waals surface area contributed by atoms with Gasteiger partial charge in [0.25, 0.3) is 0 Å². The van der Waals surface area contributed by atoms with Crippen LogP contribution in [0.1, 0.15) is 90.5 Å². The first kappa shape index (κ1) is 31.5. The number of hydrogen-bond donors (Lipinski definition) is 7. The number of aromatic amines is 3. The molecule has 0 aliphatic carbocycles. The Morgan fingerprint density at radius 3 is 1.93 bits per heavy atom. The molecule has 7 N–H and O–H groups in total. The van der Waals surface area contributed by atoms with Crippen LogP contribution in [0, 0.1) is 32.6 Å². The van der Waals surface area contributed by atoms with Gasteiger partial charge in [-0.15, -0.1) is 0 Å². The molecule has 1 aliphatic heterocycles. The van der Waals surface area contributed by atoms with E-state index in [4.69, 9.17) is 0 Å². The Hall–Kier alpha value is -4.47. The van der Waals surface area contributed by atoms with Crippen molar-refractivity contribution in [1.82, 2.24) is 20.3 Å². The number of aliphatic carboxylic acids is 2. The van der Waals surface area contributed by atoms with E-state index in [0.29, 0.717) is 19.3 Å². The maximum Gasteiger partial charge on any atom is 0.303 e. The van der Waals surface area contributed by atoms with E-state index in [1.807, 2.05) is 59.8 Å². The molecule has 0 unspecified atom stereocenters. The lowest BCUT2D eigenvalue weighted by Gasteiger charge is -2.11. The molecule has 1 amide bonds. The lowest BCUT2D eigenvalue weighted by Crippen LogP contribution is -2.16. The predicted molar refractivity (Wildman–Crippen MR) is 165 cm³/mol. The molecule has 1 saturated heterocycles. The second-order valence-corrected chi connectivity index (χ2v) is 11.4. The summed E-state index contributed by atoms with van der Waals surface area (Å²) < 4.78 is 0. The van der Waals surface area contributed by atoms with Gasteiger partial charge in [0.05, 0.1) is 0 Å². The Labute approximate surface area is 250 Å². The average molecular weight is 591 g/mol. The monoisotopic (exact) mass is 590 g/mol. The van der Waals surface area contributed by atoms with Crippen molar-refractivity contribution in [2.24, 2.45) is 11.8 Å². The summed E-state index contributed by atoms with van der Waals surface area (Å²) in [6.07, 6.45) is 7.77. The van der Waals surface area contributed by atoms with Crippen molar-refractivity contribution in [2.45, 2.75) is 80.1 Å². The summed E-state index contributed by atoms with van der Waals surface area (Å²) in [5.41, 5.74) is 8.39. The number of carbonyl (C=O) groups excluding carboxylic acids is 1. The Morgan fingerprint density at radius 1 is 0.767 bits per heavy atom. The third-order valence-electron chi connectivity index (χ3n) is 8.83. The molecule has 1 fully saturated rings. The van der Waals surface area contributed by atoms with Crippen LogP contribution in [-0.2, 0) is 33.6 Å². The van der Waals surface area contributed by atoms with Gasteiger partial charge in [-0.3, -0.25) is 14.4 Å². The standard InChI is InChI=1S/C33H42N4O6/c1-7-20-19(6)32(42)37-27(20)14-25-18(5)23(10-12-31(40)41)29(35-25)15-28-22(9-11-30(38)39)17(4)24(34-28)13-26-16(3)21(8-2)33(43)36-26/h13-15,19-20,34-36,43H,7-12H2,1-6H3,(H,37,42)(H,38,39)(H,40,41)/b24-13+,27-14+,28-15-/t19-,20-/m1/s1. The van der Waals surface area contributed by atoms with Crippen LogP contribution >= 0.6 is 0 Å². The lowest BCUT2D eigenvalue weighted by atomic mass is 9.92. The van der Waals surface area contributed by atoms with Gasteiger partial charge in [0.15, 0.2) is 5.88 Å². The Balaban J connectivity index is 1.91. The molecular weight excluding hydrogens is 548 g/mol. The van der Waals surface area contributed by atoms with Gasteiger partial charge < -0.3 is 35.6 Å². The van der Waals surface area contributed by atoms with Crippen LogP contribution in [0.2, 0.25) is 0 Å². The minimum atomic E-state index is -0.903. The molecular formula is C33H42N4O6. The zero-order valence-electron chi connectivity index (χ0n) is 25.7. The fourth-order valence-electron chi connectivity index (χ4n) is 6.18. The quantitative estimate of drug-likeness (QED) is 0.180. The van der Waals surface area contributed by atoms with Crippen LogP contribution in [0.5, 0.6) is 5.88 Å². The maximum absolute atomic E-state index is 12.4. The van der Waals surface area contributed by atoms with Gasteiger partial charge in [0, 0.05) is 63.7 Å². The summed E-state index contributed by atoms with van der Waals surface area (Å²) in [7, 11) is 0. The van der Waals surface area contributed by atoms with E-state index in [1.54, 1.807) is 0 Å². The fourth-order valence-corrected chi connectivity index (χ4v) is 6.18. The van der Waals surface area contributed by atoms with Crippen LogP contribution in [0.25, 0.3) is 18.2 Å². The highest BCUT2D eigenvalue weighted by Crippen LogP contribution is 2.32. The van der Waals surface area contributed by atoms with Crippen LogP contribution in [0.3, 0.4) is 0 Å². The van der Waals surface area contributed by atoms with E-state index in [2.05, 4.69) is 20.3 Å². The molecule has 43 heavy (non-hydrogen) atoms. The first-order valence-corrected chi connectivity index (χ1v) is 14.8. The smallest absolute Gasteiger partial charge is 0.303 e. The van der Waals surface area contributed by atoms with Gasteiger partial charge in [0.1, 0.15) is 0 Å². The molecule has 0 aromatic carbocycles. The van der Waals surface area contributed by atoms with E-state index in [1.165, 1.54) is 0 Å². The first-order valence-electron chi connectivity index (χ1n) is 14.8. The SMILES string of the molecule is CCc1c(O)[nH]c(/C=c2/[nH]/c(=C\c3[nH]c(/C=C4/NC(=O)[C@H](C)[C@H]4CC)c(C)c3CCC(=O)O)c(CCC(=O)O)c2C)c1C. The molecule has 3 aromatic rings. The molecule has 0 bridgehead atoms. The normalized spacial score (nSPS) is 18.7. The van der Waals surface area contributed by atoms with Crippen LogP contribution in [-0.4, -0.2) is 48.1 Å². The summed E-state index contributed by atoms with van der Waals surface area (Å²) in [4.78, 5) is 45.4. The molecule has 4 rings (SSSR count). The molecule has 4 heterocycles. The van der Waals surface area contributed by atoms with Crippen molar-refractivity contribution >= 4 is 36.1 Å². The van der Waals surface area contributed by atoms with E-state index in [0.717, 1.165) is 73.3 Å². The predicted octanol–water partition coefficient (Wildman–Crippen LogP) is 3.69. The van der Waals surface area contributed by atoms with E-state index in [-0.39, 0.29) is 36.5 Å². The second kappa shape index (κ2) is 12.8. The topological polar surface area (TPSA) is 171 Å². The van der Waals surface area contributed by atoms with Gasteiger partial charge in [0.2, 0.25) is 5.91 Å². The van der Waals surface area contributed by atoms with E-state index >= 15 is 0 Å². The van der Waals surface area contributed by atoms with Crippen LogP contribution in [0.4, 0.5) is 0 Å². The lowest BCUT2D eigenvalue weighted by molar-refractivity contribution is -0.138. The third kappa shape index (κ3) is 6.48.